The summed E-state index contributed by atoms with van der Waals surface area (Å²) in [6.45, 7) is 2.96. The van der Waals surface area contributed by atoms with Gasteiger partial charge in [-0.1, -0.05) is 23.7 Å². The van der Waals surface area contributed by atoms with Crippen molar-refractivity contribution in [3.8, 4) is 11.3 Å². The first-order valence-electron chi connectivity index (χ1n) is 13.2. The molecule has 1 amide bonds. The minimum atomic E-state index is -0.725. The van der Waals surface area contributed by atoms with Gasteiger partial charge in [0, 0.05) is 65.3 Å². The fraction of sp³-hybridized carbons (Fsp3) is 0.167. The first-order valence-corrected chi connectivity index (χ1v) is 13.6. The molecule has 0 aliphatic carbocycles. The normalized spacial score (nSPS) is 14.3. The molecule has 0 unspecified atom stereocenters. The van der Waals surface area contributed by atoms with E-state index in [-0.39, 0.29) is 35.6 Å². The van der Waals surface area contributed by atoms with E-state index in [0.29, 0.717) is 51.7 Å². The van der Waals surface area contributed by atoms with Gasteiger partial charge >= 0.3 is 0 Å². The Balaban J connectivity index is 1.24. The van der Waals surface area contributed by atoms with Crippen molar-refractivity contribution in [2.75, 3.05) is 31.5 Å². The Hall–Kier alpha value is -4.74. The molecule has 4 aromatic rings. The Labute approximate surface area is 245 Å². The molecule has 1 saturated heterocycles. The number of hydrogen-bond acceptors (Lipinski definition) is 7. The van der Waals surface area contributed by atoms with Crippen LogP contribution in [0.5, 0.6) is 0 Å². The van der Waals surface area contributed by atoms with Gasteiger partial charge in [0.05, 0.1) is 23.5 Å². The van der Waals surface area contributed by atoms with Gasteiger partial charge in [0.2, 0.25) is 5.95 Å². The topological polar surface area (TPSA) is 118 Å². The smallest absolute Gasteiger partial charge is 0.257 e. The zero-order valence-corrected chi connectivity index (χ0v) is 23.0. The highest BCUT2D eigenvalue weighted by atomic mass is 35.5. The van der Waals surface area contributed by atoms with Crippen LogP contribution in [0.1, 0.15) is 27.0 Å². The number of piperazine rings is 1. The molecule has 0 bridgehead atoms. The van der Waals surface area contributed by atoms with E-state index in [1.54, 1.807) is 48.7 Å². The van der Waals surface area contributed by atoms with Crippen LogP contribution in [0.4, 0.5) is 20.4 Å². The van der Waals surface area contributed by atoms with Crippen molar-refractivity contribution in [1.82, 2.24) is 25.5 Å². The average molecular weight is 587 g/mol. The number of halogens is 3. The number of hydrogen-bond donors (Lipinski definition) is 4. The van der Waals surface area contributed by atoms with E-state index in [2.05, 4.69) is 25.9 Å². The van der Waals surface area contributed by atoms with Gasteiger partial charge in [0.25, 0.3) is 5.91 Å². The molecule has 3 heterocycles. The summed E-state index contributed by atoms with van der Waals surface area (Å²) < 4.78 is 29.6. The van der Waals surface area contributed by atoms with Crippen LogP contribution in [0, 0.1) is 17.0 Å². The molecule has 2 aliphatic heterocycles. The molecule has 0 atom stereocenters. The van der Waals surface area contributed by atoms with Crippen molar-refractivity contribution in [1.29, 1.82) is 5.41 Å². The van der Waals surface area contributed by atoms with Gasteiger partial charge in [-0.2, -0.15) is 0 Å². The van der Waals surface area contributed by atoms with E-state index in [0.717, 1.165) is 13.1 Å². The number of nitrogens with zero attached hydrogens (tertiary/aromatic N) is 4. The standard InChI is InChI=1S/C30H25ClF2N8O/c31-19-6-9-21-22(14-19)27(25-23(32)2-1-3-24(25)33)36-15-18-16-37-30(39-26(18)21)38-20-7-4-17(5-8-20)28(42)40-29(34)41-12-10-35-11-13-41/h1-9,14,16,35H,10-13,15H2,(H2,34,40,42)(H,37,38,39). The second kappa shape index (κ2) is 11.6. The van der Waals surface area contributed by atoms with Crippen LogP contribution in [-0.4, -0.2) is 58.6 Å². The predicted octanol–water partition coefficient (Wildman–Crippen LogP) is 4.74. The number of aliphatic imine (C=N–C) groups is 1. The molecule has 12 heteroatoms. The van der Waals surface area contributed by atoms with Gasteiger partial charge < -0.3 is 15.5 Å². The van der Waals surface area contributed by atoms with Crippen LogP contribution in [0.15, 0.2) is 71.9 Å². The number of anilines is 2. The Morgan fingerprint density at radius 2 is 1.74 bits per heavy atom. The van der Waals surface area contributed by atoms with Gasteiger partial charge in [-0.05, 0) is 48.5 Å². The number of benzene rings is 3. The SMILES string of the molecule is N=C(NC(=O)c1ccc(Nc2ncc3c(n2)-c2ccc(Cl)cc2C(c2c(F)cccc2F)=NC3)cc1)N1CCNCC1. The van der Waals surface area contributed by atoms with E-state index in [1.165, 1.54) is 18.2 Å². The largest absolute Gasteiger partial charge is 0.340 e. The number of rotatable bonds is 4. The van der Waals surface area contributed by atoms with Gasteiger partial charge in [-0.3, -0.25) is 20.5 Å². The first-order chi connectivity index (χ1) is 20.4. The monoisotopic (exact) mass is 586 g/mol. The summed E-state index contributed by atoms with van der Waals surface area (Å²) in [6.07, 6.45) is 1.62. The third-order valence-corrected chi connectivity index (χ3v) is 7.27. The Kier molecular flexibility index (Phi) is 7.60. The molecular formula is C30H25ClF2N8O. The average Bonchev–Trinajstić information content (AvgIpc) is 3.14. The molecule has 0 spiro atoms. The highest BCUT2D eigenvalue weighted by Crippen LogP contribution is 2.34. The number of guanidine groups is 1. The van der Waals surface area contributed by atoms with Crippen molar-refractivity contribution in [2.45, 2.75) is 6.54 Å². The minimum Gasteiger partial charge on any atom is -0.340 e. The Morgan fingerprint density at radius 3 is 2.48 bits per heavy atom. The molecule has 212 valence electrons. The van der Waals surface area contributed by atoms with E-state index < -0.39 is 11.6 Å². The highest BCUT2D eigenvalue weighted by molar-refractivity contribution is 6.31. The molecule has 9 nitrogen and oxygen atoms in total. The number of carbonyl (C=O) groups is 1. The van der Waals surface area contributed by atoms with E-state index in [1.807, 2.05) is 4.90 Å². The summed E-state index contributed by atoms with van der Waals surface area (Å²) in [5.74, 6) is -1.46. The molecule has 1 aromatic heterocycles. The number of aromatic nitrogens is 2. The third-order valence-electron chi connectivity index (χ3n) is 7.03. The molecule has 6 rings (SSSR count). The lowest BCUT2D eigenvalue weighted by molar-refractivity contribution is 0.0971. The summed E-state index contributed by atoms with van der Waals surface area (Å²) in [5.41, 5.74) is 3.25. The lowest BCUT2D eigenvalue weighted by Gasteiger charge is -2.29. The maximum absolute atomic E-state index is 14.8. The minimum absolute atomic E-state index is 0.0773. The van der Waals surface area contributed by atoms with Crippen LogP contribution in [0.2, 0.25) is 5.02 Å². The molecule has 1 fully saturated rings. The van der Waals surface area contributed by atoms with Gasteiger partial charge in [0.15, 0.2) is 5.96 Å². The maximum atomic E-state index is 14.8. The van der Waals surface area contributed by atoms with Crippen molar-refractivity contribution in [3.05, 3.63) is 106 Å². The quantitative estimate of drug-likeness (QED) is 0.203. The number of carbonyl (C=O) groups excluding carboxylic acids is 1. The summed E-state index contributed by atoms with van der Waals surface area (Å²) in [4.78, 5) is 28.2. The zero-order valence-electron chi connectivity index (χ0n) is 22.2. The second-order valence-electron chi connectivity index (χ2n) is 9.76. The number of amides is 1. The molecule has 4 N–H and O–H groups in total. The van der Waals surface area contributed by atoms with Gasteiger partial charge in [-0.15, -0.1) is 0 Å². The molecule has 0 radical (unpaired) electrons. The fourth-order valence-corrected chi connectivity index (χ4v) is 5.08. The second-order valence-corrected chi connectivity index (χ2v) is 10.2. The Morgan fingerprint density at radius 1 is 1.00 bits per heavy atom. The lowest BCUT2D eigenvalue weighted by Crippen LogP contribution is -2.51. The van der Waals surface area contributed by atoms with Crippen LogP contribution >= 0.6 is 11.6 Å². The molecule has 0 saturated carbocycles. The lowest BCUT2D eigenvalue weighted by atomic mass is 9.95. The molecule has 2 aliphatic rings. The van der Waals surface area contributed by atoms with Gasteiger partial charge in [0.1, 0.15) is 11.6 Å². The number of nitrogens with one attached hydrogen (secondary N) is 4. The summed E-state index contributed by atoms with van der Waals surface area (Å²) in [7, 11) is 0. The van der Waals surface area contributed by atoms with Crippen molar-refractivity contribution >= 4 is 40.8 Å². The van der Waals surface area contributed by atoms with Crippen molar-refractivity contribution in [2.24, 2.45) is 4.99 Å². The van der Waals surface area contributed by atoms with Crippen LogP contribution < -0.4 is 16.0 Å². The zero-order chi connectivity index (χ0) is 29.2. The van der Waals surface area contributed by atoms with Crippen LogP contribution in [-0.2, 0) is 6.54 Å². The highest BCUT2D eigenvalue weighted by Gasteiger charge is 2.25. The molecule has 3 aromatic carbocycles. The van der Waals surface area contributed by atoms with E-state index >= 15 is 0 Å². The first kappa shape index (κ1) is 27.4. The molecular weight excluding hydrogens is 562 g/mol. The van der Waals surface area contributed by atoms with Crippen LogP contribution in [0.25, 0.3) is 11.3 Å². The van der Waals surface area contributed by atoms with Crippen molar-refractivity contribution < 1.29 is 13.6 Å². The fourth-order valence-electron chi connectivity index (χ4n) is 4.90. The Bertz CT molecular complexity index is 1700. The van der Waals surface area contributed by atoms with Crippen molar-refractivity contribution in [3.63, 3.8) is 0 Å². The summed E-state index contributed by atoms with van der Waals surface area (Å²) in [6, 6.07) is 15.5. The number of fused-ring (bicyclic) bond motifs is 3. The molecule has 42 heavy (non-hydrogen) atoms. The predicted molar refractivity (Wildman–Crippen MR) is 158 cm³/mol. The summed E-state index contributed by atoms with van der Waals surface area (Å²) in [5, 5.41) is 17.6. The van der Waals surface area contributed by atoms with Crippen LogP contribution in [0.3, 0.4) is 0 Å². The van der Waals surface area contributed by atoms with E-state index in [4.69, 9.17) is 22.0 Å². The van der Waals surface area contributed by atoms with Gasteiger partial charge in [-0.25, -0.2) is 18.7 Å². The third kappa shape index (κ3) is 5.56. The maximum Gasteiger partial charge on any atom is 0.257 e. The summed E-state index contributed by atoms with van der Waals surface area (Å²) >= 11 is 6.30. The van der Waals surface area contributed by atoms with E-state index in [9.17, 15) is 13.6 Å².